The molecule has 0 bridgehead atoms. The molecular formula is C21H25ClFN3O. The van der Waals surface area contributed by atoms with E-state index in [1.807, 2.05) is 37.3 Å². The molecule has 2 aromatic carbocycles. The van der Waals surface area contributed by atoms with Crippen molar-refractivity contribution in [3.8, 4) is 0 Å². The van der Waals surface area contributed by atoms with Gasteiger partial charge in [-0.05, 0) is 48.7 Å². The Morgan fingerprint density at radius 3 is 2.74 bits per heavy atom. The smallest absolute Gasteiger partial charge is 0.237 e. The molecule has 1 amide bonds. The molecule has 0 unspecified atom stereocenters. The summed E-state index contributed by atoms with van der Waals surface area (Å²) in [5, 5.41) is 7.09. The summed E-state index contributed by atoms with van der Waals surface area (Å²) in [6.45, 7) is 4.54. The van der Waals surface area contributed by atoms with Crippen LogP contribution in [-0.4, -0.2) is 36.0 Å². The largest absolute Gasteiger partial charge is 0.355 e. The van der Waals surface area contributed by atoms with Crippen LogP contribution in [0.2, 0.25) is 5.02 Å². The number of amides is 1. The fourth-order valence-corrected chi connectivity index (χ4v) is 3.78. The Kier molecular flexibility index (Phi) is 6.83. The van der Waals surface area contributed by atoms with Crippen molar-refractivity contribution in [2.24, 2.45) is 0 Å². The van der Waals surface area contributed by atoms with Gasteiger partial charge in [0.25, 0.3) is 0 Å². The average molecular weight is 390 g/mol. The number of nitrogens with zero attached hydrogens (tertiary/aromatic N) is 1. The second-order valence-corrected chi connectivity index (χ2v) is 7.35. The van der Waals surface area contributed by atoms with E-state index in [2.05, 4.69) is 15.5 Å². The topological polar surface area (TPSA) is 44.4 Å². The van der Waals surface area contributed by atoms with Crippen LogP contribution in [0.5, 0.6) is 0 Å². The van der Waals surface area contributed by atoms with Crippen LogP contribution in [0.4, 0.5) is 4.39 Å². The van der Waals surface area contributed by atoms with Crippen molar-refractivity contribution in [2.75, 3.05) is 13.1 Å². The van der Waals surface area contributed by atoms with Gasteiger partial charge in [-0.1, -0.05) is 35.9 Å². The molecule has 4 nitrogen and oxygen atoms in total. The van der Waals surface area contributed by atoms with Gasteiger partial charge in [-0.15, -0.1) is 0 Å². The molecular weight excluding hydrogens is 365 g/mol. The van der Waals surface area contributed by atoms with Gasteiger partial charge in [0.05, 0.1) is 6.04 Å². The van der Waals surface area contributed by atoms with E-state index >= 15 is 0 Å². The molecule has 3 rings (SSSR count). The van der Waals surface area contributed by atoms with Crippen molar-refractivity contribution < 1.29 is 9.18 Å². The van der Waals surface area contributed by atoms with Crippen molar-refractivity contribution in [2.45, 2.75) is 38.5 Å². The fourth-order valence-electron chi connectivity index (χ4n) is 3.57. The van der Waals surface area contributed by atoms with E-state index in [0.717, 1.165) is 24.1 Å². The van der Waals surface area contributed by atoms with Gasteiger partial charge in [0.1, 0.15) is 5.82 Å². The normalized spacial score (nSPS) is 20.0. The molecule has 0 aliphatic carbocycles. The van der Waals surface area contributed by atoms with Crippen LogP contribution in [0, 0.1) is 5.82 Å². The Bertz CT molecular complexity index is 786. The molecule has 1 fully saturated rings. The summed E-state index contributed by atoms with van der Waals surface area (Å²) in [5.74, 6) is -0.182. The molecule has 0 radical (unpaired) electrons. The van der Waals surface area contributed by atoms with E-state index in [9.17, 15) is 9.18 Å². The molecule has 0 saturated carbocycles. The molecule has 27 heavy (non-hydrogen) atoms. The fraction of sp³-hybridized carbons (Fsp3) is 0.381. The average Bonchev–Trinajstić information content (AvgIpc) is 3.03. The number of nitrogens with one attached hydrogen (secondary N) is 2. The predicted octanol–water partition coefficient (Wildman–Crippen LogP) is 3.35. The van der Waals surface area contributed by atoms with Crippen LogP contribution >= 0.6 is 11.6 Å². The highest BCUT2D eigenvalue weighted by molar-refractivity contribution is 6.30. The molecule has 0 spiro atoms. The van der Waals surface area contributed by atoms with Gasteiger partial charge >= 0.3 is 0 Å². The zero-order chi connectivity index (χ0) is 19.2. The highest BCUT2D eigenvalue weighted by Gasteiger charge is 2.36. The van der Waals surface area contributed by atoms with Gasteiger partial charge < -0.3 is 10.6 Å². The zero-order valence-corrected chi connectivity index (χ0v) is 16.2. The maximum Gasteiger partial charge on any atom is 0.237 e. The molecule has 1 aliphatic rings. The highest BCUT2D eigenvalue weighted by Crippen LogP contribution is 2.22. The lowest BCUT2D eigenvalue weighted by molar-refractivity contribution is -0.125. The minimum atomic E-state index is -0.233. The SMILES string of the molecule is CCNC(=O)[C@@H]1C[C@@H](NCc2cccc(F)c2)CN1Cc1cccc(Cl)c1. The van der Waals surface area contributed by atoms with Crippen LogP contribution < -0.4 is 10.6 Å². The van der Waals surface area contributed by atoms with Crippen molar-refractivity contribution in [1.29, 1.82) is 0 Å². The maximum absolute atomic E-state index is 13.4. The minimum absolute atomic E-state index is 0.0505. The molecule has 2 N–H and O–H groups in total. The number of likely N-dealkylation sites (N-methyl/N-ethyl adjacent to an activating group) is 1. The number of carbonyl (C=O) groups excluding carboxylic acids is 1. The number of carbonyl (C=O) groups is 1. The van der Waals surface area contributed by atoms with Crippen LogP contribution in [0.15, 0.2) is 48.5 Å². The molecule has 1 heterocycles. The molecule has 1 saturated heterocycles. The molecule has 0 aromatic heterocycles. The standard InChI is InChI=1S/C21H25ClFN3O/c1-2-24-21(27)20-11-19(25-12-15-5-4-8-18(23)10-15)14-26(20)13-16-6-3-7-17(22)9-16/h3-10,19-20,25H,2,11-14H2,1H3,(H,24,27)/t19-,20+/m1/s1. The Labute approximate surface area is 164 Å². The van der Waals surface area contributed by atoms with Crippen molar-refractivity contribution in [3.05, 3.63) is 70.5 Å². The van der Waals surface area contributed by atoms with E-state index in [1.165, 1.54) is 12.1 Å². The van der Waals surface area contributed by atoms with Crippen molar-refractivity contribution >= 4 is 17.5 Å². The van der Waals surface area contributed by atoms with Crippen LogP contribution in [0.1, 0.15) is 24.5 Å². The Morgan fingerprint density at radius 2 is 2.00 bits per heavy atom. The summed E-state index contributed by atoms with van der Waals surface area (Å²) in [4.78, 5) is 14.7. The monoisotopic (exact) mass is 389 g/mol. The first-order valence-electron chi connectivity index (χ1n) is 9.29. The van der Waals surface area contributed by atoms with Gasteiger partial charge in [0.15, 0.2) is 0 Å². The Morgan fingerprint density at radius 1 is 1.22 bits per heavy atom. The van der Waals surface area contributed by atoms with Gasteiger partial charge in [-0.3, -0.25) is 9.69 Å². The third-order valence-electron chi connectivity index (χ3n) is 4.82. The Balaban J connectivity index is 1.66. The summed E-state index contributed by atoms with van der Waals surface area (Å²) in [6.07, 6.45) is 0.724. The second kappa shape index (κ2) is 9.31. The molecule has 2 aromatic rings. The van der Waals surface area contributed by atoms with Gasteiger partial charge in [-0.25, -0.2) is 4.39 Å². The summed E-state index contributed by atoms with van der Waals surface area (Å²) in [5.41, 5.74) is 1.99. The molecule has 144 valence electrons. The lowest BCUT2D eigenvalue weighted by Gasteiger charge is -2.23. The van der Waals surface area contributed by atoms with E-state index in [1.54, 1.807) is 6.07 Å². The molecule has 1 aliphatic heterocycles. The predicted molar refractivity (Wildman–Crippen MR) is 106 cm³/mol. The number of rotatable bonds is 7. The van der Waals surface area contributed by atoms with Gasteiger partial charge in [0.2, 0.25) is 5.91 Å². The first-order valence-corrected chi connectivity index (χ1v) is 9.67. The number of hydrogen-bond donors (Lipinski definition) is 2. The van der Waals surface area contributed by atoms with Crippen LogP contribution in [0.25, 0.3) is 0 Å². The summed E-state index contributed by atoms with van der Waals surface area (Å²) < 4.78 is 13.4. The van der Waals surface area contributed by atoms with Crippen LogP contribution in [0.3, 0.4) is 0 Å². The molecule has 6 heteroatoms. The summed E-state index contributed by atoms with van der Waals surface area (Å²) in [6, 6.07) is 14.3. The highest BCUT2D eigenvalue weighted by atomic mass is 35.5. The lowest BCUT2D eigenvalue weighted by Crippen LogP contribution is -2.42. The van der Waals surface area contributed by atoms with Crippen molar-refractivity contribution in [1.82, 2.24) is 15.5 Å². The molecule has 2 atom stereocenters. The summed E-state index contributed by atoms with van der Waals surface area (Å²) in [7, 11) is 0. The van der Waals surface area contributed by atoms with Crippen LogP contribution in [-0.2, 0) is 17.9 Å². The number of likely N-dealkylation sites (tertiary alicyclic amines) is 1. The number of halogens is 2. The van der Waals surface area contributed by atoms with E-state index in [4.69, 9.17) is 11.6 Å². The van der Waals surface area contributed by atoms with Crippen molar-refractivity contribution in [3.63, 3.8) is 0 Å². The van der Waals surface area contributed by atoms with E-state index in [-0.39, 0.29) is 23.8 Å². The Hall–Kier alpha value is -1.95. The minimum Gasteiger partial charge on any atom is -0.355 e. The van der Waals surface area contributed by atoms with Gasteiger partial charge in [-0.2, -0.15) is 0 Å². The summed E-state index contributed by atoms with van der Waals surface area (Å²) >= 11 is 6.10. The van der Waals surface area contributed by atoms with E-state index in [0.29, 0.717) is 24.7 Å². The third kappa shape index (κ3) is 5.51. The lowest BCUT2D eigenvalue weighted by atomic mass is 10.1. The zero-order valence-electron chi connectivity index (χ0n) is 15.4. The number of hydrogen-bond acceptors (Lipinski definition) is 3. The van der Waals surface area contributed by atoms with E-state index < -0.39 is 0 Å². The quantitative estimate of drug-likeness (QED) is 0.763. The number of benzene rings is 2. The maximum atomic E-state index is 13.4. The third-order valence-corrected chi connectivity index (χ3v) is 5.05. The van der Waals surface area contributed by atoms with Gasteiger partial charge in [0, 0.05) is 37.2 Å². The first-order chi connectivity index (χ1) is 13.0. The first kappa shape index (κ1) is 19.8. The second-order valence-electron chi connectivity index (χ2n) is 6.91.